The highest BCUT2D eigenvalue weighted by Gasteiger charge is 2.32. The van der Waals surface area contributed by atoms with E-state index < -0.39 is 0 Å². The first-order valence-corrected chi connectivity index (χ1v) is 8.36. The molecule has 0 spiro atoms. The Kier molecular flexibility index (Phi) is 6.09. The van der Waals surface area contributed by atoms with Crippen LogP contribution in [0.5, 0.6) is 11.5 Å². The van der Waals surface area contributed by atoms with Gasteiger partial charge in [0.1, 0.15) is 17.2 Å². The summed E-state index contributed by atoms with van der Waals surface area (Å²) in [5.74, 6) is 1.62. The minimum Gasteiger partial charge on any atom is -0.497 e. The van der Waals surface area contributed by atoms with Gasteiger partial charge in [-0.3, -0.25) is 0 Å². The number of methoxy groups -OCH3 is 2. The zero-order valence-electron chi connectivity index (χ0n) is 14.4. The lowest BCUT2D eigenvalue weighted by molar-refractivity contribution is 0.171. The second kappa shape index (κ2) is 8.06. The standard InChI is InChI=1S/C18H25N3O2S/c1-4-18(20-17(19)24)10-5-6-11-21(18)12-9-14-7-8-15(22-2)13-16(14)23-3/h5-8,10-11,13H,4,9,12H2,1-3H3,(H3,19,20,24). The van der Waals surface area contributed by atoms with Gasteiger partial charge < -0.3 is 25.4 Å². The van der Waals surface area contributed by atoms with Crippen LogP contribution in [0.2, 0.25) is 0 Å². The van der Waals surface area contributed by atoms with E-state index in [1.54, 1.807) is 14.2 Å². The molecule has 0 radical (unpaired) electrons. The van der Waals surface area contributed by atoms with Crippen LogP contribution in [0, 0.1) is 0 Å². The minimum absolute atomic E-state index is 0.295. The Hall–Kier alpha value is -2.21. The molecule has 1 aromatic rings. The molecule has 2 rings (SSSR count). The molecular formula is C18H25N3O2S. The third-order valence-electron chi connectivity index (χ3n) is 4.26. The van der Waals surface area contributed by atoms with Gasteiger partial charge >= 0.3 is 0 Å². The van der Waals surface area contributed by atoms with Gasteiger partial charge in [0.15, 0.2) is 5.11 Å². The van der Waals surface area contributed by atoms with E-state index in [4.69, 9.17) is 27.4 Å². The zero-order chi connectivity index (χ0) is 17.6. The number of ether oxygens (including phenoxy) is 2. The van der Waals surface area contributed by atoms with Crippen LogP contribution in [0.1, 0.15) is 18.9 Å². The molecule has 0 aliphatic carbocycles. The number of hydrogen-bond acceptors (Lipinski definition) is 4. The molecule has 1 aliphatic heterocycles. The van der Waals surface area contributed by atoms with E-state index in [9.17, 15) is 0 Å². The van der Waals surface area contributed by atoms with Crippen molar-refractivity contribution in [1.29, 1.82) is 0 Å². The second-order valence-corrected chi connectivity index (χ2v) is 6.03. The summed E-state index contributed by atoms with van der Waals surface area (Å²) in [6.07, 6.45) is 9.85. The topological polar surface area (TPSA) is 59.8 Å². The van der Waals surface area contributed by atoms with Crippen LogP contribution in [0.25, 0.3) is 0 Å². The number of nitrogens with zero attached hydrogens (tertiary/aromatic N) is 1. The minimum atomic E-state index is -0.389. The second-order valence-electron chi connectivity index (χ2n) is 5.59. The highest BCUT2D eigenvalue weighted by Crippen LogP contribution is 2.27. The monoisotopic (exact) mass is 347 g/mol. The Labute approximate surface area is 149 Å². The summed E-state index contributed by atoms with van der Waals surface area (Å²) in [7, 11) is 3.32. The van der Waals surface area contributed by atoms with Crippen molar-refractivity contribution in [1.82, 2.24) is 10.2 Å². The van der Waals surface area contributed by atoms with Gasteiger partial charge in [-0.1, -0.05) is 19.1 Å². The van der Waals surface area contributed by atoms with Crippen molar-refractivity contribution in [2.75, 3.05) is 20.8 Å². The first-order valence-electron chi connectivity index (χ1n) is 7.96. The Balaban J connectivity index is 2.16. The summed E-state index contributed by atoms with van der Waals surface area (Å²) in [6, 6.07) is 5.89. The molecule has 5 nitrogen and oxygen atoms in total. The fraction of sp³-hybridized carbons (Fsp3) is 0.389. The van der Waals surface area contributed by atoms with Crippen molar-refractivity contribution in [2.24, 2.45) is 5.73 Å². The number of rotatable bonds is 7. The number of nitrogens with one attached hydrogen (secondary N) is 1. The predicted octanol–water partition coefficient (Wildman–Crippen LogP) is 2.57. The van der Waals surface area contributed by atoms with E-state index >= 15 is 0 Å². The average Bonchev–Trinajstić information content (AvgIpc) is 2.60. The van der Waals surface area contributed by atoms with Gasteiger partial charge in [-0.25, -0.2) is 0 Å². The van der Waals surface area contributed by atoms with E-state index in [0.29, 0.717) is 5.11 Å². The maximum Gasteiger partial charge on any atom is 0.165 e. The number of benzene rings is 1. The Morgan fingerprint density at radius 3 is 2.71 bits per heavy atom. The number of thiocarbonyl (C=S) groups is 1. The van der Waals surface area contributed by atoms with Crippen LogP contribution < -0.4 is 20.5 Å². The van der Waals surface area contributed by atoms with Crippen molar-refractivity contribution in [2.45, 2.75) is 25.4 Å². The fourth-order valence-electron chi connectivity index (χ4n) is 2.91. The van der Waals surface area contributed by atoms with Crippen LogP contribution in [0.15, 0.2) is 42.6 Å². The van der Waals surface area contributed by atoms with Crippen molar-refractivity contribution >= 4 is 17.3 Å². The van der Waals surface area contributed by atoms with E-state index in [-0.39, 0.29) is 5.66 Å². The first-order chi connectivity index (χ1) is 11.5. The van der Waals surface area contributed by atoms with Crippen LogP contribution in [0.3, 0.4) is 0 Å². The molecule has 1 unspecified atom stereocenters. The summed E-state index contributed by atoms with van der Waals surface area (Å²) < 4.78 is 10.7. The van der Waals surface area contributed by atoms with E-state index in [0.717, 1.165) is 36.4 Å². The van der Waals surface area contributed by atoms with Crippen molar-refractivity contribution in [3.05, 3.63) is 48.2 Å². The lowest BCUT2D eigenvalue weighted by Crippen LogP contribution is -2.59. The van der Waals surface area contributed by atoms with Gasteiger partial charge in [-0.15, -0.1) is 0 Å². The molecule has 0 bridgehead atoms. The van der Waals surface area contributed by atoms with Gasteiger partial charge in [-0.2, -0.15) is 0 Å². The van der Waals surface area contributed by atoms with E-state index in [1.165, 1.54) is 0 Å². The van der Waals surface area contributed by atoms with E-state index in [2.05, 4.69) is 29.4 Å². The zero-order valence-corrected chi connectivity index (χ0v) is 15.2. The maximum atomic E-state index is 5.73. The number of allylic oxidation sites excluding steroid dienone is 2. The van der Waals surface area contributed by atoms with Gasteiger partial charge in [0.2, 0.25) is 0 Å². The molecule has 0 aromatic heterocycles. The third kappa shape index (κ3) is 4.00. The van der Waals surface area contributed by atoms with Gasteiger partial charge in [0.05, 0.1) is 14.2 Å². The lowest BCUT2D eigenvalue weighted by atomic mass is 10.0. The normalized spacial score (nSPS) is 19.2. The van der Waals surface area contributed by atoms with Crippen LogP contribution in [-0.4, -0.2) is 36.4 Å². The Bertz CT molecular complexity index is 645. The summed E-state index contributed by atoms with van der Waals surface area (Å²) >= 11 is 5.06. The van der Waals surface area contributed by atoms with Gasteiger partial charge in [0.25, 0.3) is 0 Å². The number of hydrogen-bond donors (Lipinski definition) is 2. The van der Waals surface area contributed by atoms with Crippen molar-refractivity contribution in [3.8, 4) is 11.5 Å². The molecule has 24 heavy (non-hydrogen) atoms. The molecule has 0 fully saturated rings. The molecule has 0 amide bonds. The summed E-state index contributed by atoms with van der Waals surface area (Å²) in [5, 5.41) is 3.52. The highest BCUT2D eigenvalue weighted by molar-refractivity contribution is 7.80. The molecule has 1 heterocycles. The van der Waals surface area contributed by atoms with Crippen LogP contribution in [0.4, 0.5) is 0 Å². The summed E-state index contributed by atoms with van der Waals surface area (Å²) in [6.45, 7) is 2.91. The molecule has 6 heteroatoms. The fourth-order valence-corrected chi connectivity index (χ4v) is 3.08. The largest absolute Gasteiger partial charge is 0.497 e. The van der Waals surface area contributed by atoms with Crippen molar-refractivity contribution < 1.29 is 9.47 Å². The predicted molar refractivity (Wildman–Crippen MR) is 101 cm³/mol. The molecule has 3 N–H and O–H groups in total. The van der Waals surface area contributed by atoms with Crippen LogP contribution >= 0.6 is 12.2 Å². The van der Waals surface area contributed by atoms with E-state index in [1.807, 2.05) is 30.4 Å². The molecule has 1 aromatic carbocycles. The first kappa shape index (κ1) is 18.1. The lowest BCUT2D eigenvalue weighted by Gasteiger charge is -2.43. The highest BCUT2D eigenvalue weighted by atomic mass is 32.1. The quantitative estimate of drug-likeness (QED) is 0.740. The van der Waals surface area contributed by atoms with Crippen molar-refractivity contribution in [3.63, 3.8) is 0 Å². The average molecular weight is 347 g/mol. The molecule has 1 aliphatic rings. The van der Waals surface area contributed by atoms with Crippen LogP contribution in [-0.2, 0) is 6.42 Å². The third-order valence-corrected chi connectivity index (χ3v) is 4.36. The molecule has 0 saturated carbocycles. The SMILES string of the molecule is CCC1(NC(N)=S)C=CC=CN1CCc1ccc(OC)cc1OC. The molecule has 130 valence electrons. The molecular weight excluding hydrogens is 322 g/mol. The smallest absolute Gasteiger partial charge is 0.165 e. The van der Waals surface area contributed by atoms with Gasteiger partial charge in [-0.05, 0) is 48.8 Å². The summed E-state index contributed by atoms with van der Waals surface area (Å²) in [4.78, 5) is 2.22. The molecule has 1 atom stereocenters. The molecule has 0 saturated heterocycles. The Morgan fingerprint density at radius 1 is 1.29 bits per heavy atom. The maximum absolute atomic E-state index is 5.73. The Morgan fingerprint density at radius 2 is 2.08 bits per heavy atom. The summed E-state index contributed by atoms with van der Waals surface area (Å²) in [5.41, 5.74) is 6.47. The van der Waals surface area contributed by atoms with Gasteiger partial charge in [0, 0.05) is 18.8 Å². The number of nitrogens with two attached hydrogens (primary N) is 1.